The zero-order valence-corrected chi connectivity index (χ0v) is 15.7. The van der Waals surface area contributed by atoms with Crippen LogP contribution in [0.4, 0.5) is 4.39 Å². The van der Waals surface area contributed by atoms with Gasteiger partial charge in [0, 0.05) is 11.1 Å². The Bertz CT molecular complexity index is 714. The fourth-order valence-corrected chi connectivity index (χ4v) is 3.20. The van der Waals surface area contributed by atoms with Gasteiger partial charge in [-0.15, -0.1) is 0 Å². The van der Waals surface area contributed by atoms with Gasteiger partial charge in [-0.3, -0.25) is 0 Å². The normalized spacial score (nSPS) is 16.1. The summed E-state index contributed by atoms with van der Waals surface area (Å²) in [4.78, 5) is 11.9. The maximum atomic E-state index is 14.7. The Balaban J connectivity index is 2.65. The predicted octanol–water partition coefficient (Wildman–Crippen LogP) is 5.43. The minimum atomic E-state index is -0.921. The topological polar surface area (TPSA) is 35.5 Å². The van der Waals surface area contributed by atoms with Crippen LogP contribution in [0.2, 0.25) is 0 Å². The lowest BCUT2D eigenvalue weighted by atomic mass is 9.75. The van der Waals surface area contributed by atoms with Crippen LogP contribution in [0.15, 0.2) is 24.0 Å². The number of hydrogen-bond acceptors (Lipinski definition) is 3. The summed E-state index contributed by atoms with van der Waals surface area (Å²) < 4.78 is 25.3. The minimum Gasteiger partial charge on any atom is -0.493 e. The lowest BCUT2D eigenvalue weighted by Crippen LogP contribution is -2.20. The number of rotatable bonds is 6. The van der Waals surface area contributed by atoms with Crippen molar-refractivity contribution >= 4 is 17.6 Å². The Morgan fingerprint density at radius 3 is 2.52 bits per heavy atom. The highest BCUT2D eigenvalue weighted by Crippen LogP contribution is 2.41. The Morgan fingerprint density at radius 1 is 1.20 bits per heavy atom. The lowest BCUT2D eigenvalue weighted by Gasteiger charge is -2.30. The third-order valence-corrected chi connectivity index (χ3v) is 4.50. The molecule has 0 radical (unpaired) electrons. The van der Waals surface area contributed by atoms with Gasteiger partial charge in [-0.2, -0.15) is 4.39 Å². The second-order valence-electron chi connectivity index (χ2n) is 6.73. The standard InChI is InChI=1S/C21H27FO3/c1-6-15(19(22)20(23)25-8-3)16-12-14-10-9-11-21(4,5)17(14)13-18(16)24-7-2/h9-10,12-13H,6-8,11H2,1-5H3. The van der Waals surface area contributed by atoms with E-state index in [4.69, 9.17) is 9.47 Å². The molecular formula is C21H27FO3. The molecule has 25 heavy (non-hydrogen) atoms. The number of fused-ring (bicyclic) bond motifs is 1. The first-order valence-corrected chi connectivity index (χ1v) is 8.89. The number of ether oxygens (including phenoxy) is 2. The average molecular weight is 346 g/mol. The number of carbonyl (C=O) groups is 1. The highest BCUT2D eigenvalue weighted by molar-refractivity contribution is 5.96. The molecule has 0 N–H and O–H groups in total. The van der Waals surface area contributed by atoms with Gasteiger partial charge in [0.15, 0.2) is 0 Å². The molecule has 0 bridgehead atoms. The Hall–Kier alpha value is -2.10. The molecule has 0 saturated carbocycles. The summed E-state index contributed by atoms with van der Waals surface area (Å²) in [6, 6.07) is 3.92. The number of benzene rings is 1. The van der Waals surface area contributed by atoms with E-state index in [9.17, 15) is 9.18 Å². The third kappa shape index (κ3) is 3.94. The molecule has 1 aromatic carbocycles. The quantitative estimate of drug-likeness (QED) is 0.509. The van der Waals surface area contributed by atoms with E-state index in [2.05, 4.69) is 26.0 Å². The van der Waals surface area contributed by atoms with Crippen LogP contribution in [0.5, 0.6) is 5.75 Å². The largest absolute Gasteiger partial charge is 0.493 e. The maximum Gasteiger partial charge on any atom is 0.367 e. The van der Waals surface area contributed by atoms with Gasteiger partial charge in [-0.25, -0.2) is 4.79 Å². The molecule has 1 aliphatic rings. The van der Waals surface area contributed by atoms with E-state index >= 15 is 0 Å². The van der Waals surface area contributed by atoms with Gasteiger partial charge in [0.1, 0.15) is 5.75 Å². The van der Waals surface area contributed by atoms with E-state index < -0.39 is 11.8 Å². The van der Waals surface area contributed by atoms with Gasteiger partial charge >= 0.3 is 5.97 Å². The average Bonchev–Trinajstić information content (AvgIpc) is 2.56. The first-order chi connectivity index (χ1) is 11.9. The Kier molecular flexibility index (Phi) is 6.04. The van der Waals surface area contributed by atoms with Crippen molar-refractivity contribution in [3.8, 4) is 5.75 Å². The van der Waals surface area contributed by atoms with Crippen molar-refractivity contribution in [1.82, 2.24) is 0 Å². The lowest BCUT2D eigenvalue weighted by molar-refractivity contribution is -0.140. The van der Waals surface area contributed by atoms with Crippen LogP contribution in [0.1, 0.15) is 64.2 Å². The van der Waals surface area contributed by atoms with Gasteiger partial charge in [0.2, 0.25) is 5.83 Å². The second kappa shape index (κ2) is 7.85. The summed E-state index contributed by atoms with van der Waals surface area (Å²) in [7, 11) is 0. The van der Waals surface area contributed by atoms with E-state index in [-0.39, 0.29) is 12.0 Å². The van der Waals surface area contributed by atoms with Crippen molar-refractivity contribution in [2.24, 2.45) is 0 Å². The Labute approximate surface area is 149 Å². The summed E-state index contributed by atoms with van der Waals surface area (Å²) in [5.41, 5.74) is 3.15. The fraction of sp³-hybridized carbons (Fsp3) is 0.476. The number of halogens is 1. The van der Waals surface area contributed by atoms with Crippen molar-refractivity contribution < 1.29 is 18.7 Å². The van der Waals surface area contributed by atoms with Crippen LogP contribution in [-0.2, 0) is 14.9 Å². The molecule has 0 saturated heterocycles. The predicted molar refractivity (Wildman–Crippen MR) is 99.2 cm³/mol. The number of carbonyl (C=O) groups excluding carboxylic acids is 1. The van der Waals surface area contributed by atoms with Crippen molar-refractivity contribution in [2.75, 3.05) is 13.2 Å². The first-order valence-electron chi connectivity index (χ1n) is 8.89. The summed E-state index contributed by atoms with van der Waals surface area (Å²) in [5, 5.41) is 0. The van der Waals surface area contributed by atoms with E-state index in [1.54, 1.807) is 6.92 Å². The van der Waals surface area contributed by atoms with Crippen LogP contribution in [0, 0.1) is 0 Å². The summed E-state index contributed by atoms with van der Waals surface area (Å²) in [6.07, 6.45) is 5.49. The first kappa shape index (κ1) is 19.2. The highest BCUT2D eigenvalue weighted by atomic mass is 19.1. The number of hydrogen-bond donors (Lipinski definition) is 0. The maximum absolute atomic E-state index is 14.7. The SMILES string of the molecule is CCOC(=O)C(F)=C(CC)c1cc2c(cc1OCC)C(C)(C)CC=C2. The van der Waals surface area contributed by atoms with E-state index in [0.29, 0.717) is 29.9 Å². The fourth-order valence-electron chi connectivity index (χ4n) is 3.20. The zero-order chi connectivity index (χ0) is 18.6. The van der Waals surface area contributed by atoms with Gasteiger partial charge in [0.25, 0.3) is 0 Å². The molecule has 0 aromatic heterocycles. The summed E-state index contributed by atoms with van der Waals surface area (Å²) in [6.45, 7) is 10.4. The van der Waals surface area contributed by atoms with Crippen LogP contribution in [-0.4, -0.2) is 19.2 Å². The molecule has 2 rings (SSSR count). The third-order valence-electron chi connectivity index (χ3n) is 4.50. The second-order valence-corrected chi connectivity index (χ2v) is 6.73. The molecule has 0 heterocycles. The molecule has 136 valence electrons. The van der Waals surface area contributed by atoms with Crippen LogP contribution in [0.3, 0.4) is 0 Å². The van der Waals surface area contributed by atoms with Gasteiger partial charge in [-0.1, -0.05) is 32.9 Å². The molecule has 1 aliphatic carbocycles. The van der Waals surface area contributed by atoms with Gasteiger partial charge in [-0.05, 0) is 55.4 Å². The van der Waals surface area contributed by atoms with Crippen molar-refractivity contribution in [3.05, 3.63) is 40.7 Å². The van der Waals surface area contributed by atoms with Crippen LogP contribution in [0.25, 0.3) is 11.6 Å². The van der Waals surface area contributed by atoms with Gasteiger partial charge < -0.3 is 9.47 Å². The Morgan fingerprint density at radius 2 is 1.92 bits per heavy atom. The smallest absolute Gasteiger partial charge is 0.367 e. The van der Waals surface area contributed by atoms with Crippen LogP contribution >= 0.6 is 0 Å². The summed E-state index contributed by atoms with van der Waals surface area (Å²) in [5.74, 6) is -1.15. The number of esters is 1. The monoisotopic (exact) mass is 346 g/mol. The molecule has 0 spiro atoms. The molecular weight excluding hydrogens is 319 g/mol. The molecule has 0 unspecified atom stereocenters. The molecule has 3 nitrogen and oxygen atoms in total. The number of allylic oxidation sites excluding steroid dienone is 2. The van der Waals surface area contributed by atoms with Crippen molar-refractivity contribution in [3.63, 3.8) is 0 Å². The van der Waals surface area contributed by atoms with E-state index in [1.807, 2.05) is 26.0 Å². The van der Waals surface area contributed by atoms with E-state index in [1.165, 1.54) is 5.56 Å². The van der Waals surface area contributed by atoms with Gasteiger partial charge in [0.05, 0.1) is 13.2 Å². The zero-order valence-electron chi connectivity index (χ0n) is 15.7. The molecule has 4 heteroatoms. The molecule has 0 fully saturated rings. The molecule has 0 amide bonds. The molecule has 0 atom stereocenters. The summed E-state index contributed by atoms with van der Waals surface area (Å²) >= 11 is 0. The van der Waals surface area contributed by atoms with E-state index in [0.717, 1.165) is 12.0 Å². The minimum absolute atomic E-state index is 0.00968. The highest BCUT2D eigenvalue weighted by Gasteiger charge is 2.28. The molecule has 1 aromatic rings. The van der Waals surface area contributed by atoms with Crippen molar-refractivity contribution in [1.29, 1.82) is 0 Å². The van der Waals surface area contributed by atoms with Crippen LogP contribution < -0.4 is 4.74 Å². The van der Waals surface area contributed by atoms with Crippen molar-refractivity contribution in [2.45, 2.75) is 52.9 Å². The molecule has 0 aliphatic heterocycles.